The smallest absolute Gasteiger partial charge is 0.257 e. The molecule has 0 saturated carbocycles. The molecule has 1 amide bonds. The minimum atomic E-state index is 0.0116. The van der Waals surface area contributed by atoms with Gasteiger partial charge in [-0.2, -0.15) is 5.10 Å². The minimum Gasteiger partial charge on any atom is -0.493 e. The molecule has 1 aromatic heterocycles. The highest BCUT2D eigenvalue weighted by atomic mass is 35.5. The van der Waals surface area contributed by atoms with E-state index in [1.54, 1.807) is 0 Å². The van der Waals surface area contributed by atoms with Crippen LogP contribution in [0.2, 0.25) is 5.02 Å². The third kappa shape index (κ3) is 4.22. The van der Waals surface area contributed by atoms with Gasteiger partial charge in [0.15, 0.2) is 5.82 Å². The number of piperazine rings is 1. The molecule has 1 fully saturated rings. The summed E-state index contributed by atoms with van der Waals surface area (Å²) < 4.78 is 5.61. The van der Waals surface area contributed by atoms with E-state index in [-0.39, 0.29) is 5.91 Å². The Labute approximate surface area is 175 Å². The van der Waals surface area contributed by atoms with Gasteiger partial charge in [0.2, 0.25) is 0 Å². The lowest BCUT2D eigenvalue weighted by molar-refractivity contribution is 0.0742. The Balaban J connectivity index is 1.41. The van der Waals surface area contributed by atoms with E-state index < -0.39 is 0 Å². The average Bonchev–Trinajstić information content (AvgIpc) is 3.25. The molecular weight excluding hydrogens is 388 g/mol. The number of halogens is 1. The summed E-state index contributed by atoms with van der Waals surface area (Å²) in [6.07, 6.45) is 0. The summed E-state index contributed by atoms with van der Waals surface area (Å²) in [7, 11) is 0. The highest BCUT2D eigenvalue weighted by molar-refractivity contribution is 6.30. The van der Waals surface area contributed by atoms with Crippen LogP contribution in [0.15, 0.2) is 54.6 Å². The summed E-state index contributed by atoms with van der Waals surface area (Å²) in [6.45, 7) is 5.20. The Morgan fingerprint density at radius 3 is 2.55 bits per heavy atom. The van der Waals surface area contributed by atoms with Gasteiger partial charge >= 0.3 is 0 Å². The summed E-state index contributed by atoms with van der Waals surface area (Å²) in [4.78, 5) is 17.0. The second kappa shape index (κ2) is 8.57. The Hall–Kier alpha value is -2.99. The maximum atomic E-state index is 12.9. The van der Waals surface area contributed by atoms with E-state index >= 15 is 0 Å². The molecule has 1 aliphatic rings. The van der Waals surface area contributed by atoms with Crippen LogP contribution in [0.5, 0.6) is 5.75 Å². The largest absolute Gasteiger partial charge is 0.493 e. The predicted molar refractivity (Wildman–Crippen MR) is 115 cm³/mol. The second-order valence-electron chi connectivity index (χ2n) is 6.86. The zero-order valence-corrected chi connectivity index (χ0v) is 17.0. The molecular formula is C22H23ClN4O2. The Morgan fingerprint density at radius 2 is 1.83 bits per heavy atom. The molecule has 0 aliphatic carbocycles. The molecule has 0 bridgehead atoms. The quantitative estimate of drug-likeness (QED) is 0.688. The number of aromatic amines is 1. The molecule has 29 heavy (non-hydrogen) atoms. The predicted octanol–water partition coefficient (Wildman–Crippen LogP) is 4.09. The number of ether oxygens (including phenoxy) is 1. The molecule has 0 atom stereocenters. The molecule has 1 aliphatic heterocycles. The standard InChI is InChI=1S/C22H23ClN4O2/c1-2-29-20-6-4-3-5-18(20)22(28)27-13-11-26(12-14-27)21-15-19(24-25-21)16-7-9-17(23)10-8-16/h3-10,15H,2,11-14H2,1H3,(H,24,25). The Kier molecular flexibility index (Phi) is 5.71. The topological polar surface area (TPSA) is 61.5 Å². The first-order valence-electron chi connectivity index (χ1n) is 9.73. The summed E-state index contributed by atoms with van der Waals surface area (Å²) in [5, 5.41) is 8.25. The van der Waals surface area contributed by atoms with E-state index in [4.69, 9.17) is 16.3 Å². The maximum absolute atomic E-state index is 12.9. The van der Waals surface area contributed by atoms with Crippen molar-refractivity contribution in [3.05, 3.63) is 65.2 Å². The van der Waals surface area contributed by atoms with Crippen molar-refractivity contribution in [3.63, 3.8) is 0 Å². The van der Waals surface area contributed by atoms with Crippen molar-refractivity contribution in [2.45, 2.75) is 6.92 Å². The van der Waals surface area contributed by atoms with Gasteiger partial charge in [0, 0.05) is 37.3 Å². The fourth-order valence-electron chi connectivity index (χ4n) is 3.48. The summed E-state index contributed by atoms with van der Waals surface area (Å²) in [6, 6.07) is 17.1. The van der Waals surface area contributed by atoms with Crippen LogP contribution in [0, 0.1) is 0 Å². The van der Waals surface area contributed by atoms with Gasteiger partial charge in [0.05, 0.1) is 17.9 Å². The number of H-pyrrole nitrogens is 1. The fourth-order valence-corrected chi connectivity index (χ4v) is 3.61. The van der Waals surface area contributed by atoms with Gasteiger partial charge in [-0.15, -0.1) is 0 Å². The highest BCUT2D eigenvalue weighted by Crippen LogP contribution is 2.25. The number of nitrogens with one attached hydrogen (secondary N) is 1. The van der Waals surface area contributed by atoms with Crippen LogP contribution in [0.4, 0.5) is 5.82 Å². The molecule has 1 saturated heterocycles. The number of amides is 1. The summed E-state index contributed by atoms with van der Waals surface area (Å²) in [5.74, 6) is 1.54. The summed E-state index contributed by atoms with van der Waals surface area (Å²) >= 11 is 5.96. The molecule has 1 N–H and O–H groups in total. The zero-order chi connectivity index (χ0) is 20.2. The van der Waals surface area contributed by atoms with Crippen LogP contribution in [0.1, 0.15) is 17.3 Å². The Bertz CT molecular complexity index is 978. The molecule has 4 rings (SSSR count). The van der Waals surface area contributed by atoms with Crippen molar-refractivity contribution in [3.8, 4) is 17.0 Å². The first-order valence-corrected chi connectivity index (χ1v) is 10.1. The third-order valence-electron chi connectivity index (χ3n) is 5.03. The summed E-state index contributed by atoms with van der Waals surface area (Å²) in [5.41, 5.74) is 2.60. The molecule has 0 unspecified atom stereocenters. The number of carbonyl (C=O) groups excluding carboxylic acids is 1. The van der Waals surface area contributed by atoms with Crippen molar-refractivity contribution in [1.82, 2.24) is 15.1 Å². The number of hydrogen-bond acceptors (Lipinski definition) is 4. The Morgan fingerprint density at radius 1 is 1.10 bits per heavy atom. The van der Waals surface area contributed by atoms with Crippen molar-refractivity contribution in [2.24, 2.45) is 0 Å². The van der Waals surface area contributed by atoms with Gasteiger partial charge in [0.1, 0.15) is 5.75 Å². The molecule has 2 aromatic carbocycles. The highest BCUT2D eigenvalue weighted by Gasteiger charge is 2.25. The molecule has 6 nitrogen and oxygen atoms in total. The van der Waals surface area contributed by atoms with E-state index in [1.165, 1.54) is 0 Å². The number of carbonyl (C=O) groups is 1. The van der Waals surface area contributed by atoms with Crippen LogP contribution >= 0.6 is 11.6 Å². The average molecular weight is 411 g/mol. The van der Waals surface area contributed by atoms with E-state index in [0.29, 0.717) is 36.0 Å². The molecule has 150 valence electrons. The first-order chi connectivity index (χ1) is 14.2. The number of rotatable bonds is 5. The molecule has 3 aromatic rings. The lowest BCUT2D eigenvalue weighted by Crippen LogP contribution is -2.49. The van der Waals surface area contributed by atoms with Gasteiger partial charge in [-0.25, -0.2) is 0 Å². The van der Waals surface area contributed by atoms with Gasteiger partial charge in [-0.3, -0.25) is 9.89 Å². The van der Waals surface area contributed by atoms with Crippen molar-refractivity contribution in [1.29, 1.82) is 0 Å². The van der Waals surface area contributed by atoms with Gasteiger partial charge in [-0.1, -0.05) is 35.9 Å². The number of aromatic nitrogens is 2. The van der Waals surface area contributed by atoms with E-state index in [2.05, 4.69) is 15.1 Å². The fraction of sp³-hybridized carbons (Fsp3) is 0.273. The number of anilines is 1. The van der Waals surface area contributed by atoms with E-state index in [9.17, 15) is 4.79 Å². The number of nitrogens with zero attached hydrogens (tertiary/aromatic N) is 3. The van der Waals surface area contributed by atoms with Crippen molar-refractivity contribution in [2.75, 3.05) is 37.7 Å². The van der Waals surface area contributed by atoms with Gasteiger partial charge in [0.25, 0.3) is 5.91 Å². The SMILES string of the molecule is CCOc1ccccc1C(=O)N1CCN(c2cc(-c3ccc(Cl)cc3)[nH]n2)CC1. The molecule has 7 heteroatoms. The van der Waals surface area contributed by atoms with E-state index in [0.717, 1.165) is 30.2 Å². The lowest BCUT2D eigenvalue weighted by atomic mass is 10.1. The van der Waals surface area contributed by atoms with Gasteiger partial charge < -0.3 is 14.5 Å². The third-order valence-corrected chi connectivity index (χ3v) is 5.28. The van der Waals surface area contributed by atoms with Crippen LogP contribution in [-0.4, -0.2) is 53.8 Å². The van der Waals surface area contributed by atoms with Crippen molar-refractivity contribution >= 4 is 23.3 Å². The number of para-hydroxylation sites is 1. The first kappa shape index (κ1) is 19.3. The van der Waals surface area contributed by atoms with E-state index in [1.807, 2.05) is 66.4 Å². The van der Waals surface area contributed by atoms with Gasteiger partial charge in [-0.05, 0) is 36.8 Å². The van der Waals surface area contributed by atoms with Crippen LogP contribution in [-0.2, 0) is 0 Å². The van der Waals surface area contributed by atoms with Crippen LogP contribution < -0.4 is 9.64 Å². The minimum absolute atomic E-state index is 0.0116. The molecule has 2 heterocycles. The van der Waals surface area contributed by atoms with Crippen LogP contribution in [0.25, 0.3) is 11.3 Å². The maximum Gasteiger partial charge on any atom is 0.257 e. The molecule has 0 spiro atoms. The lowest BCUT2D eigenvalue weighted by Gasteiger charge is -2.35. The monoisotopic (exact) mass is 410 g/mol. The number of hydrogen-bond donors (Lipinski definition) is 1. The molecule has 0 radical (unpaired) electrons. The normalized spacial score (nSPS) is 14.1. The zero-order valence-electron chi connectivity index (χ0n) is 16.3. The second-order valence-corrected chi connectivity index (χ2v) is 7.29. The number of benzene rings is 2. The van der Waals surface area contributed by atoms with Crippen molar-refractivity contribution < 1.29 is 9.53 Å². The van der Waals surface area contributed by atoms with Crippen LogP contribution in [0.3, 0.4) is 0 Å².